The number of imide groups is 2. The topological polar surface area (TPSA) is 133 Å². The molecule has 2 aliphatic rings. The Hall–Kier alpha value is -5.47. The van der Waals surface area contributed by atoms with Gasteiger partial charge in [0.1, 0.15) is 6.04 Å². The van der Waals surface area contributed by atoms with Gasteiger partial charge >= 0.3 is 0 Å². The lowest BCUT2D eigenvalue weighted by molar-refractivity contribution is -0.121. The number of aliphatic imine (C=N–C) groups is 1. The minimum atomic E-state index is -0.873. The molecule has 0 fully saturated rings. The summed E-state index contributed by atoms with van der Waals surface area (Å²) in [4.78, 5) is 85.3. The van der Waals surface area contributed by atoms with E-state index in [2.05, 4.69) is 24.2 Å². The summed E-state index contributed by atoms with van der Waals surface area (Å²) in [6, 6.07) is 13.9. The molecule has 2 heterocycles. The van der Waals surface area contributed by atoms with Crippen molar-refractivity contribution in [3.05, 3.63) is 70.8 Å². The molecule has 0 aliphatic carbocycles. The highest BCUT2D eigenvalue weighted by molar-refractivity contribution is 6.41. The molecule has 278 valence electrons. The van der Waals surface area contributed by atoms with E-state index in [1.54, 1.807) is 17.0 Å². The number of nitrogens with one attached hydrogen (secondary N) is 1. The highest BCUT2D eigenvalue weighted by atomic mass is 16.2. The predicted octanol–water partition coefficient (Wildman–Crippen LogP) is 8.47. The van der Waals surface area contributed by atoms with Crippen LogP contribution in [0.3, 0.4) is 0 Å². The van der Waals surface area contributed by atoms with Gasteiger partial charge in [0.05, 0.1) is 0 Å². The molecule has 0 saturated carbocycles. The Bertz CT molecular complexity index is 2240. The van der Waals surface area contributed by atoms with Gasteiger partial charge in [-0.3, -0.25) is 33.8 Å². The summed E-state index contributed by atoms with van der Waals surface area (Å²) in [5.74, 6) is -1.72. The van der Waals surface area contributed by atoms with Crippen molar-refractivity contribution < 1.29 is 28.8 Å². The van der Waals surface area contributed by atoms with E-state index in [-0.39, 0.29) is 30.9 Å². The van der Waals surface area contributed by atoms with Crippen molar-refractivity contribution in [3.8, 4) is 0 Å². The van der Waals surface area contributed by atoms with Crippen molar-refractivity contribution in [1.82, 2.24) is 15.1 Å². The van der Waals surface area contributed by atoms with Crippen LogP contribution in [0.15, 0.2) is 53.5 Å². The molecule has 10 heteroatoms. The highest BCUT2D eigenvalue weighted by Crippen LogP contribution is 2.46. The van der Waals surface area contributed by atoms with Crippen LogP contribution in [0.25, 0.3) is 43.1 Å². The van der Waals surface area contributed by atoms with E-state index >= 15 is 0 Å². The minimum absolute atomic E-state index is 0.0961. The smallest absolute Gasteiger partial charge is 0.261 e. The average molecular weight is 727 g/mol. The molecule has 1 atom stereocenters. The van der Waals surface area contributed by atoms with Crippen LogP contribution >= 0.6 is 0 Å². The minimum Gasteiger partial charge on any atom is -0.354 e. The standard InChI is InChI=1S/C44H46N4O6/c1-4-6-8-10-13-27(14-11-9-7-5-2)48-43(53)34-21-17-30-28-15-19-32-38-33(42(52)47(41(32)51)24-12-23-45-40(50)26(3)46-25-49)20-16-29(36(28)38)31-18-22-35(44(48)54)39(34)37(30)31/h15-22,26-27H,4-14,23-24H2,1-3H3,(H,45,50)/t26-/m0/s1. The first-order chi connectivity index (χ1) is 26.2. The molecule has 0 radical (unpaired) electrons. The first-order valence-corrected chi connectivity index (χ1v) is 19.5. The van der Waals surface area contributed by atoms with Crippen molar-refractivity contribution in [1.29, 1.82) is 0 Å². The van der Waals surface area contributed by atoms with Gasteiger partial charge in [0.2, 0.25) is 12.0 Å². The second kappa shape index (κ2) is 15.5. The van der Waals surface area contributed by atoms with Gasteiger partial charge in [-0.1, -0.05) is 89.5 Å². The van der Waals surface area contributed by atoms with E-state index < -0.39 is 23.8 Å². The van der Waals surface area contributed by atoms with Crippen molar-refractivity contribution in [2.24, 2.45) is 4.99 Å². The molecule has 7 rings (SSSR count). The van der Waals surface area contributed by atoms with Crippen LogP contribution < -0.4 is 5.32 Å². The van der Waals surface area contributed by atoms with E-state index in [4.69, 9.17) is 0 Å². The Balaban J connectivity index is 1.25. The quantitative estimate of drug-likeness (QED) is 0.0255. The van der Waals surface area contributed by atoms with Crippen LogP contribution in [0, 0.1) is 0 Å². The van der Waals surface area contributed by atoms with Crippen LogP contribution in [-0.4, -0.2) is 70.6 Å². The first-order valence-electron chi connectivity index (χ1n) is 19.5. The number of fused-ring (bicyclic) bond motifs is 2. The average Bonchev–Trinajstić information content (AvgIpc) is 3.18. The van der Waals surface area contributed by atoms with E-state index in [1.165, 1.54) is 17.9 Å². The summed E-state index contributed by atoms with van der Waals surface area (Å²) >= 11 is 0. The number of amides is 5. The third-order valence-corrected chi connectivity index (χ3v) is 11.4. The number of unbranched alkanes of at least 4 members (excludes halogenated alkanes) is 6. The Morgan fingerprint density at radius 3 is 1.50 bits per heavy atom. The molecule has 0 aromatic heterocycles. The van der Waals surface area contributed by atoms with Gasteiger partial charge in [-0.05, 0) is 82.8 Å². The number of hydrogen-bond donors (Lipinski definition) is 1. The van der Waals surface area contributed by atoms with E-state index in [0.717, 1.165) is 96.5 Å². The van der Waals surface area contributed by atoms with Gasteiger partial charge in [-0.2, -0.15) is 4.99 Å². The molecule has 5 aromatic rings. The zero-order valence-electron chi connectivity index (χ0n) is 31.3. The van der Waals surface area contributed by atoms with Gasteiger partial charge in [-0.15, -0.1) is 0 Å². The van der Waals surface area contributed by atoms with Gasteiger partial charge in [0.25, 0.3) is 23.6 Å². The molecule has 1 N–H and O–H groups in total. The van der Waals surface area contributed by atoms with Gasteiger partial charge < -0.3 is 5.32 Å². The number of hydrogen-bond acceptors (Lipinski definition) is 7. The van der Waals surface area contributed by atoms with Crippen molar-refractivity contribution in [3.63, 3.8) is 0 Å². The third kappa shape index (κ3) is 6.22. The van der Waals surface area contributed by atoms with Crippen molar-refractivity contribution in [2.75, 3.05) is 13.1 Å². The second-order valence-electron chi connectivity index (χ2n) is 14.8. The third-order valence-electron chi connectivity index (χ3n) is 11.4. The van der Waals surface area contributed by atoms with Crippen LogP contribution in [0.2, 0.25) is 0 Å². The van der Waals surface area contributed by atoms with E-state index in [1.807, 2.05) is 36.4 Å². The Morgan fingerprint density at radius 1 is 0.630 bits per heavy atom. The normalized spacial score (nSPS) is 14.7. The maximum absolute atomic E-state index is 14.4. The second-order valence-corrected chi connectivity index (χ2v) is 14.8. The lowest BCUT2D eigenvalue weighted by Gasteiger charge is -2.35. The molecule has 2 aliphatic heterocycles. The fourth-order valence-corrected chi connectivity index (χ4v) is 8.62. The number of rotatable bonds is 17. The number of benzene rings is 5. The first kappa shape index (κ1) is 36.9. The molecule has 5 aromatic carbocycles. The Labute approximate surface area is 314 Å². The molecular formula is C44H46N4O6. The van der Waals surface area contributed by atoms with Crippen LogP contribution in [0.1, 0.15) is 133 Å². The van der Waals surface area contributed by atoms with Gasteiger partial charge in [0.15, 0.2) is 0 Å². The lowest BCUT2D eigenvalue weighted by atomic mass is 9.82. The predicted molar refractivity (Wildman–Crippen MR) is 210 cm³/mol. The fourth-order valence-electron chi connectivity index (χ4n) is 8.62. The van der Waals surface area contributed by atoms with Crippen molar-refractivity contribution in [2.45, 2.75) is 103 Å². The lowest BCUT2D eigenvalue weighted by Crippen LogP contribution is -2.47. The highest BCUT2D eigenvalue weighted by Gasteiger charge is 2.39. The maximum Gasteiger partial charge on any atom is 0.261 e. The van der Waals surface area contributed by atoms with Gasteiger partial charge in [-0.25, -0.2) is 4.79 Å². The van der Waals surface area contributed by atoms with Gasteiger partial charge in [0, 0.05) is 52.2 Å². The molecule has 0 bridgehead atoms. The summed E-state index contributed by atoms with van der Waals surface area (Å²) in [6.45, 7) is 6.13. The summed E-state index contributed by atoms with van der Waals surface area (Å²) in [5.41, 5.74) is 1.91. The fraction of sp³-hybridized carbons (Fsp3) is 0.409. The number of carbonyl (C=O) groups excluding carboxylic acids is 6. The Morgan fingerprint density at radius 2 is 1.07 bits per heavy atom. The summed E-state index contributed by atoms with van der Waals surface area (Å²) in [6.07, 6.45) is 12.0. The maximum atomic E-state index is 14.4. The van der Waals surface area contributed by atoms with Crippen molar-refractivity contribution >= 4 is 78.7 Å². The molecule has 5 amide bonds. The molecular weight excluding hydrogens is 681 g/mol. The van der Waals surface area contributed by atoms with E-state index in [9.17, 15) is 28.8 Å². The molecule has 0 saturated heterocycles. The van der Waals surface area contributed by atoms with E-state index in [0.29, 0.717) is 39.4 Å². The number of carbonyl (C=O) groups is 5. The number of isocyanates is 1. The molecule has 0 spiro atoms. The molecule has 54 heavy (non-hydrogen) atoms. The van der Waals surface area contributed by atoms with Crippen LogP contribution in [-0.2, 0) is 9.59 Å². The summed E-state index contributed by atoms with van der Waals surface area (Å²) in [7, 11) is 0. The van der Waals surface area contributed by atoms with Crippen LogP contribution in [0.5, 0.6) is 0 Å². The molecule has 10 nitrogen and oxygen atoms in total. The summed E-state index contributed by atoms with van der Waals surface area (Å²) < 4.78 is 0. The monoisotopic (exact) mass is 726 g/mol. The largest absolute Gasteiger partial charge is 0.354 e. The Kier molecular flexibility index (Phi) is 10.6. The number of nitrogens with zero attached hydrogens (tertiary/aromatic N) is 3. The molecule has 0 unspecified atom stereocenters. The van der Waals surface area contributed by atoms with Crippen LogP contribution in [0.4, 0.5) is 0 Å². The zero-order chi connectivity index (χ0) is 38.1. The summed E-state index contributed by atoms with van der Waals surface area (Å²) in [5, 5.41) is 8.99. The SMILES string of the molecule is CCCCCCC(CCCCCC)N1C(=O)c2ccc3c4ccc5c6c(ccc(c7ccc(c2c37)C1=O)c64)C(=O)N(CCCNC(=O)[C@H](C)N=C=O)C5=O. The zero-order valence-corrected chi connectivity index (χ0v) is 31.3.